The fourth-order valence-corrected chi connectivity index (χ4v) is 4.13. The molecular weight excluding hydrogens is 494 g/mol. The minimum absolute atomic E-state index is 0.318. The first-order chi connectivity index (χ1) is 17.7. The molecule has 0 aliphatic heterocycles. The van der Waals surface area contributed by atoms with E-state index in [9.17, 15) is 9.59 Å². The molecule has 0 amide bonds. The quantitative estimate of drug-likeness (QED) is 0.246. The molecule has 38 heavy (non-hydrogen) atoms. The topological polar surface area (TPSA) is 101 Å². The van der Waals surface area contributed by atoms with Gasteiger partial charge in [0.25, 0.3) is 0 Å². The summed E-state index contributed by atoms with van der Waals surface area (Å²) in [7, 11) is 0. The lowest BCUT2D eigenvalue weighted by molar-refractivity contribution is -0.139. The summed E-state index contributed by atoms with van der Waals surface area (Å²) < 4.78 is 0. The molecule has 2 rings (SSSR count). The molecule has 1 atom stereocenters. The molecular formula is C32H55NO4S. The maximum Gasteiger partial charge on any atom is 0.320 e. The number of aliphatic carboxylic acids is 2. The normalized spacial score (nSPS) is 11.2. The third-order valence-corrected chi connectivity index (χ3v) is 6.12. The molecule has 0 aliphatic carbocycles. The van der Waals surface area contributed by atoms with Gasteiger partial charge in [-0.1, -0.05) is 98.2 Å². The number of nitrogens with two attached hydrogens (primary N) is 1. The summed E-state index contributed by atoms with van der Waals surface area (Å²) in [5, 5.41) is 18.7. The van der Waals surface area contributed by atoms with Crippen LogP contribution in [-0.2, 0) is 22.4 Å². The second-order valence-electron chi connectivity index (χ2n) is 11.4. The number of carboxylic acids is 2. The minimum Gasteiger partial charge on any atom is -0.481 e. The maximum absolute atomic E-state index is 10.2. The highest BCUT2D eigenvalue weighted by Gasteiger charge is 2.10. The van der Waals surface area contributed by atoms with Gasteiger partial charge < -0.3 is 15.9 Å². The molecule has 0 bridgehead atoms. The predicted octanol–water partition coefficient (Wildman–Crippen LogP) is 8.56. The van der Waals surface area contributed by atoms with Gasteiger partial charge in [-0.05, 0) is 72.8 Å². The van der Waals surface area contributed by atoms with E-state index in [4.69, 9.17) is 15.9 Å². The smallest absolute Gasteiger partial charge is 0.320 e. The molecule has 4 N–H and O–H groups in total. The standard InChI is InChI=1S/C10H14.C8H12S.C7H15NO2.C7H14O2/c1-9(2)8-10-6-4-3-5-7-10;1-7(2)6-8-4-3-5-9-8;1-5(2)3-4-6(8)7(9)10;1-6(2)4-3-5-7(8)9/h3-7,9H,8H2,1-2H3;3-5,7H,6H2,1-2H3;5-6H,3-4,8H2,1-2H3,(H,9,10);6H,3-5H2,1-2H3,(H,8,9). The molecule has 1 unspecified atom stereocenters. The van der Waals surface area contributed by atoms with E-state index in [1.165, 1.54) is 23.3 Å². The molecule has 0 aliphatic rings. The van der Waals surface area contributed by atoms with Crippen LogP contribution in [0, 0.1) is 23.7 Å². The largest absolute Gasteiger partial charge is 0.481 e. The average Bonchev–Trinajstić information content (AvgIpc) is 3.31. The van der Waals surface area contributed by atoms with Crippen LogP contribution in [0.25, 0.3) is 0 Å². The number of benzene rings is 1. The first-order valence-electron chi connectivity index (χ1n) is 14.0. The van der Waals surface area contributed by atoms with Crippen LogP contribution in [0.5, 0.6) is 0 Å². The van der Waals surface area contributed by atoms with Gasteiger partial charge in [-0.2, -0.15) is 0 Å². The second kappa shape index (κ2) is 23.9. The average molecular weight is 550 g/mol. The highest BCUT2D eigenvalue weighted by atomic mass is 32.1. The number of carboxylic acid groups (broad SMARTS) is 2. The van der Waals surface area contributed by atoms with Crippen molar-refractivity contribution in [2.45, 2.75) is 106 Å². The lowest BCUT2D eigenvalue weighted by Gasteiger charge is -2.07. The Morgan fingerprint density at radius 3 is 1.68 bits per heavy atom. The van der Waals surface area contributed by atoms with Gasteiger partial charge in [0.2, 0.25) is 0 Å². The Morgan fingerprint density at radius 1 is 0.737 bits per heavy atom. The van der Waals surface area contributed by atoms with Gasteiger partial charge in [0.15, 0.2) is 0 Å². The van der Waals surface area contributed by atoms with Gasteiger partial charge >= 0.3 is 11.9 Å². The van der Waals surface area contributed by atoms with E-state index in [0.717, 1.165) is 31.1 Å². The molecule has 2 aromatic rings. The SMILES string of the molecule is CC(C)CCC(N)C(=O)O.CC(C)CCCC(=O)O.CC(C)Cc1ccccc1.CC(C)Cc1cccs1. The van der Waals surface area contributed by atoms with Gasteiger partial charge in [-0.15, -0.1) is 11.3 Å². The highest BCUT2D eigenvalue weighted by molar-refractivity contribution is 7.09. The maximum atomic E-state index is 10.2. The van der Waals surface area contributed by atoms with Gasteiger partial charge in [-0.25, -0.2) is 0 Å². The number of hydrogen-bond donors (Lipinski definition) is 3. The van der Waals surface area contributed by atoms with Crippen LogP contribution >= 0.6 is 11.3 Å². The van der Waals surface area contributed by atoms with Crippen LogP contribution in [0.15, 0.2) is 47.8 Å². The summed E-state index contributed by atoms with van der Waals surface area (Å²) in [6.45, 7) is 17.3. The second-order valence-corrected chi connectivity index (χ2v) is 12.4. The van der Waals surface area contributed by atoms with Crippen molar-refractivity contribution in [2.75, 3.05) is 0 Å². The van der Waals surface area contributed by atoms with E-state index >= 15 is 0 Å². The zero-order chi connectivity index (χ0) is 29.5. The van der Waals surface area contributed by atoms with Crippen LogP contribution in [-0.4, -0.2) is 28.2 Å². The van der Waals surface area contributed by atoms with Crippen molar-refractivity contribution in [1.82, 2.24) is 0 Å². The van der Waals surface area contributed by atoms with Gasteiger partial charge in [0, 0.05) is 11.3 Å². The number of rotatable bonds is 12. The predicted molar refractivity (Wildman–Crippen MR) is 164 cm³/mol. The Morgan fingerprint density at radius 2 is 1.29 bits per heavy atom. The molecule has 5 nitrogen and oxygen atoms in total. The first-order valence-corrected chi connectivity index (χ1v) is 14.9. The zero-order valence-corrected chi connectivity index (χ0v) is 26.0. The lowest BCUT2D eigenvalue weighted by Crippen LogP contribution is -2.30. The Labute approximate surface area is 236 Å². The summed E-state index contributed by atoms with van der Waals surface area (Å²) in [5.41, 5.74) is 6.71. The van der Waals surface area contributed by atoms with E-state index in [2.05, 4.69) is 103 Å². The molecule has 1 aromatic heterocycles. The van der Waals surface area contributed by atoms with Crippen molar-refractivity contribution < 1.29 is 19.8 Å². The van der Waals surface area contributed by atoms with Crippen LogP contribution in [0.4, 0.5) is 0 Å². The summed E-state index contributed by atoms with van der Waals surface area (Å²) in [6.07, 6.45) is 6.04. The molecule has 0 radical (unpaired) electrons. The van der Waals surface area contributed by atoms with Crippen LogP contribution in [0.2, 0.25) is 0 Å². The summed E-state index contributed by atoms with van der Waals surface area (Å²) >= 11 is 1.85. The molecule has 0 spiro atoms. The Hall–Kier alpha value is -2.18. The van der Waals surface area contributed by atoms with Gasteiger partial charge in [0.1, 0.15) is 6.04 Å². The van der Waals surface area contributed by atoms with Gasteiger partial charge in [-0.3, -0.25) is 9.59 Å². The van der Waals surface area contributed by atoms with Crippen LogP contribution in [0.1, 0.15) is 97.9 Å². The fourth-order valence-electron chi connectivity index (χ4n) is 3.21. The fraction of sp³-hybridized carbons (Fsp3) is 0.625. The van der Waals surface area contributed by atoms with E-state index in [1.807, 2.05) is 11.3 Å². The number of thiophene rings is 1. The molecule has 218 valence electrons. The van der Waals surface area contributed by atoms with Crippen molar-refractivity contribution in [2.24, 2.45) is 29.4 Å². The first kappa shape index (κ1) is 38.0. The molecule has 6 heteroatoms. The third-order valence-electron chi connectivity index (χ3n) is 5.22. The molecule has 1 heterocycles. The molecule has 0 saturated heterocycles. The summed E-state index contributed by atoms with van der Waals surface area (Å²) in [5.74, 6) is 1.14. The molecule has 0 fully saturated rings. The van der Waals surface area contributed by atoms with Gasteiger partial charge in [0.05, 0.1) is 0 Å². The van der Waals surface area contributed by atoms with E-state index in [1.54, 1.807) is 0 Å². The number of carbonyl (C=O) groups is 2. The highest BCUT2D eigenvalue weighted by Crippen LogP contribution is 2.13. The van der Waals surface area contributed by atoms with Crippen molar-refractivity contribution in [3.8, 4) is 0 Å². The summed E-state index contributed by atoms with van der Waals surface area (Å²) in [4.78, 5) is 21.7. The molecule has 0 saturated carbocycles. The summed E-state index contributed by atoms with van der Waals surface area (Å²) in [6, 6.07) is 14.2. The van der Waals surface area contributed by atoms with E-state index < -0.39 is 18.0 Å². The van der Waals surface area contributed by atoms with E-state index in [-0.39, 0.29) is 0 Å². The Balaban J connectivity index is 0. The Kier molecular flexibility index (Phi) is 23.9. The lowest BCUT2D eigenvalue weighted by atomic mass is 10.0. The van der Waals surface area contributed by atoms with Crippen LogP contribution in [0.3, 0.4) is 0 Å². The van der Waals surface area contributed by atoms with Crippen molar-refractivity contribution in [1.29, 1.82) is 0 Å². The monoisotopic (exact) mass is 549 g/mol. The Bertz CT molecular complexity index is 802. The third kappa shape index (κ3) is 28.4. The minimum atomic E-state index is -0.902. The van der Waals surface area contributed by atoms with E-state index in [0.29, 0.717) is 24.7 Å². The van der Waals surface area contributed by atoms with Crippen molar-refractivity contribution in [3.63, 3.8) is 0 Å². The van der Waals surface area contributed by atoms with Crippen LogP contribution < -0.4 is 5.73 Å². The zero-order valence-electron chi connectivity index (χ0n) is 25.2. The van der Waals surface area contributed by atoms with Crippen molar-refractivity contribution in [3.05, 3.63) is 58.3 Å². The number of hydrogen-bond acceptors (Lipinski definition) is 4. The van der Waals surface area contributed by atoms with Crippen molar-refractivity contribution >= 4 is 23.3 Å². The molecule has 1 aromatic carbocycles.